The first-order valence-electron chi connectivity index (χ1n) is 11.8. The molecular formula is C24H33IN2O4S. The lowest BCUT2D eigenvalue weighted by Crippen LogP contribution is -2.61. The Balaban J connectivity index is 1.37. The summed E-state index contributed by atoms with van der Waals surface area (Å²) in [6.45, 7) is 5.44. The van der Waals surface area contributed by atoms with Crippen LogP contribution in [0.25, 0.3) is 0 Å². The van der Waals surface area contributed by atoms with Gasteiger partial charge in [-0.25, -0.2) is 8.42 Å². The standard InChI is InChI=1S/C24H33IN2O4S/c1-15-3-4-19(12-21(15)32(29,30)27-5-7-31-8-6-27)23(28)26-16(2)24-13-17-9-18(14-24)11-20(10-17)22(24)25/h3-4,12,16-18,20,22H,5-11,13-14H2,1-2H3,(H,26,28). The molecule has 0 radical (unpaired) electrons. The van der Waals surface area contributed by atoms with Crippen molar-refractivity contribution in [1.82, 2.24) is 9.62 Å². The molecule has 4 aliphatic carbocycles. The minimum absolute atomic E-state index is 0.0749. The van der Waals surface area contributed by atoms with Crippen LogP contribution in [0, 0.1) is 30.1 Å². The van der Waals surface area contributed by atoms with Gasteiger partial charge in [0, 0.05) is 34.0 Å². The van der Waals surface area contributed by atoms with Crippen LogP contribution in [-0.4, -0.2) is 54.9 Å². The smallest absolute Gasteiger partial charge is 0.251 e. The van der Waals surface area contributed by atoms with Crippen molar-refractivity contribution >= 4 is 38.5 Å². The van der Waals surface area contributed by atoms with Crippen LogP contribution < -0.4 is 5.32 Å². The minimum Gasteiger partial charge on any atom is -0.379 e. The molecule has 6 nitrogen and oxygen atoms in total. The maximum absolute atomic E-state index is 13.3. The summed E-state index contributed by atoms with van der Waals surface area (Å²) in [4.78, 5) is 13.5. The number of morpholine rings is 1. The molecule has 4 saturated carbocycles. The molecule has 1 heterocycles. The maximum Gasteiger partial charge on any atom is 0.251 e. The van der Waals surface area contributed by atoms with Crippen molar-refractivity contribution in [1.29, 1.82) is 0 Å². The number of halogens is 1. The number of carbonyl (C=O) groups is 1. The van der Waals surface area contributed by atoms with E-state index in [1.165, 1.54) is 36.4 Å². The van der Waals surface area contributed by atoms with E-state index in [4.69, 9.17) is 4.74 Å². The van der Waals surface area contributed by atoms with Gasteiger partial charge >= 0.3 is 0 Å². The highest BCUT2D eigenvalue weighted by Crippen LogP contribution is 2.63. The highest BCUT2D eigenvalue weighted by molar-refractivity contribution is 14.1. The van der Waals surface area contributed by atoms with Crippen molar-refractivity contribution < 1.29 is 17.9 Å². The zero-order valence-corrected chi connectivity index (χ0v) is 21.8. The molecular weight excluding hydrogens is 539 g/mol. The number of alkyl halides is 1. The lowest BCUT2D eigenvalue weighted by molar-refractivity contribution is -0.0562. The Bertz CT molecular complexity index is 993. The number of ether oxygens (including phenoxy) is 1. The van der Waals surface area contributed by atoms with E-state index in [-0.39, 0.29) is 22.3 Å². The van der Waals surface area contributed by atoms with Crippen LogP contribution >= 0.6 is 22.6 Å². The number of amides is 1. The van der Waals surface area contributed by atoms with Crippen LogP contribution in [0.5, 0.6) is 0 Å². The number of rotatable bonds is 5. The van der Waals surface area contributed by atoms with E-state index in [0.717, 1.165) is 17.8 Å². The highest BCUT2D eigenvalue weighted by atomic mass is 127. The second kappa shape index (κ2) is 8.50. The quantitative estimate of drug-likeness (QED) is 0.431. The molecule has 5 aliphatic rings. The molecule has 1 saturated heterocycles. The van der Waals surface area contributed by atoms with Crippen LogP contribution in [0.2, 0.25) is 0 Å². The average Bonchev–Trinajstić information content (AvgIpc) is 2.77. The Morgan fingerprint density at radius 3 is 2.50 bits per heavy atom. The molecule has 4 bridgehead atoms. The third-order valence-electron chi connectivity index (χ3n) is 8.49. The number of aryl methyl sites for hydroxylation is 1. The van der Waals surface area contributed by atoms with E-state index in [9.17, 15) is 13.2 Å². The highest BCUT2D eigenvalue weighted by Gasteiger charge is 2.58. The Kier molecular flexibility index (Phi) is 6.12. The third kappa shape index (κ3) is 3.82. The van der Waals surface area contributed by atoms with Gasteiger partial charge in [0.15, 0.2) is 0 Å². The molecule has 1 aromatic rings. The Hall–Kier alpha value is -0.710. The van der Waals surface area contributed by atoms with Gasteiger partial charge in [-0.15, -0.1) is 0 Å². The number of nitrogens with one attached hydrogen (secondary N) is 1. The molecule has 4 atom stereocenters. The van der Waals surface area contributed by atoms with Crippen LogP contribution in [0.15, 0.2) is 23.1 Å². The van der Waals surface area contributed by atoms with Crippen LogP contribution in [-0.2, 0) is 14.8 Å². The molecule has 32 heavy (non-hydrogen) atoms. The van der Waals surface area contributed by atoms with E-state index >= 15 is 0 Å². The van der Waals surface area contributed by atoms with Crippen molar-refractivity contribution in [3.8, 4) is 0 Å². The number of nitrogens with zero attached hydrogens (tertiary/aromatic N) is 1. The molecule has 1 amide bonds. The maximum atomic E-state index is 13.3. The molecule has 6 rings (SSSR count). The number of hydrogen-bond donors (Lipinski definition) is 1. The van der Waals surface area contributed by atoms with Crippen LogP contribution in [0.3, 0.4) is 0 Å². The monoisotopic (exact) mass is 572 g/mol. The Morgan fingerprint density at radius 1 is 1.19 bits per heavy atom. The summed E-state index contributed by atoms with van der Waals surface area (Å²) in [5.41, 5.74) is 1.25. The average molecular weight is 573 g/mol. The van der Waals surface area contributed by atoms with Crippen LogP contribution in [0.4, 0.5) is 0 Å². The second-order valence-electron chi connectivity index (χ2n) is 10.4. The van der Waals surface area contributed by atoms with Crippen LogP contribution in [0.1, 0.15) is 54.9 Å². The van der Waals surface area contributed by atoms with Crippen molar-refractivity contribution in [2.45, 2.75) is 60.8 Å². The predicted octanol–water partition coefficient (Wildman–Crippen LogP) is 3.76. The summed E-state index contributed by atoms with van der Waals surface area (Å²) in [6.07, 6.45) is 6.49. The van der Waals surface area contributed by atoms with Gasteiger partial charge in [0.25, 0.3) is 5.91 Å². The van der Waals surface area contributed by atoms with Gasteiger partial charge in [-0.3, -0.25) is 4.79 Å². The van der Waals surface area contributed by atoms with E-state index in [0.29, 0.717) is 41.4 Å². The van der Waals surface area contributed by atoms with E-state index in [1.54, 1.807) is 25.1 Å². The summed E-state index contributed by atoms with van der Waals surface area (Å²) in [5.74, 6) is 2.23. The SMILES string of the molecule is Cc1ccc(C(=O)NC(C)C23CC4CC(CC(C4)C2I)C3)cc1S(=O)(=O)N1CCOCC1. The van der Waals surface area contributed by atoms with Gasteiger partial charge in [-0.2, -0.15) is 4.31 Å². The zero-order valence-electron chi connectivity index (χ0n) is 18.8. The summed E-state index contributed by atoms with van der Waals surface area (Å²) < 4.78 is 33.8. The summed E-state index contributed by atoms with van der Waals surface area (Å²) in [6, 6.07) is 5.13. The van der Waals surface area contributed by atoms with Crippen molar-refractivity contribution in [3.05, 3.63) is 29.3 Å². The molecule has 176 valence electrons. The molecule has 8 heteroatoms. The summed E-state index contributed by atoms with van der Waals surface area (Å²) in [5, 5.41) is 3.29. The summed E-state index contributed by atoms with van der Waals surface area (Å²) in [7, 11) is -3.65. The largest absolute Gasteiger partial charge is 0.379 e. The van der Waals surface area contributed by atoms with Gasteiger partial charge in [-0.05, 0) is 81.4 Å². The fourth-order valence-electron chi connectivity index (χ4n) is 7.00. The first-order valence-corrected chi connectivity index (χ1v) is 14.5. The van der Waals surface area contributed by atoms with E-state index in [1.807, 2.05) is 0 Å². The zero-order chi connectivity index (χ0) is 22.7. The molecule has 5 fully saturated rings. The van der Waals surface area contributed by atoms with Crippen molar-refractivity contribution in [3.63, 3.8) is 0 Å². The third-order valence-corrected chi connectivity index (χ3v) is 12.8. The Morgan fingerprint density at radius 2 is 1.84 bits per heavy atom. The number of benzene rings is 1. The molecule has 4 unspecified atom stereocenters. The van der Waals surface area contributed by atoms with Gasteiger partial charge in [-0.1, -0.05) is 28.7 Å². The van der Waals surface area contributed by atoms with E-state index in [2.05, 4.69) is 34.8 Å². The number of sulfonamides is 1. The van der Waals surface area contributed by atoms with Gasteiger partial charge < -0.3 is 10.1 Å². The van der Waals surface area contributed by atoms with Crippen molar-refractivity contribution in [2.75, 3.05) is 26.3 Å². The lowest BCUT2D eigenvalue weighted by Gasteiger charge is -2.61. The fourth-order valence-corrected chi connectivity index (χ4v) is 10.3. The molecule has 0 spiro atoms. The molecule has 1 aliphatic heterocycles. The first kappa shape index (κ1) is 23.1. The predicted molar refractivity (Wildman–Crippen MR) is 131 cm³/mol. The van der Waals surface area contributed by atoms with Gasteiger partial charge in [0.1, 0.15) is 0 Å². The van der Waals surface area contributed by atoms with Gasteiger partial charge in [0.05, 0.1) is 18.1 Å². The fraction of sp³-hybridized carbons (Fsp3) is 0.708. The first-order chi connectivity index (χ1) is 15.2. The Labute approximate surface area is 205 Å². The number of hydrogen-bond acceptors (Lipinski definition) is 4. The second-order valence-corrected chi connectivity index (χ2v) is 13.7. The normalized spacial score (nSPS) is 35.6. The molecule has 1 aromatic carbocycles. The molecule has 1 N–H and O–H groups in total. The van der Waals surface area contributed by atoms with E-state index < -0.39 is 10.0 Å². The topological polar surface area (TPSA) is 75.7 Å². The molecule has 0 aromatic heterocycles. The van der Waals surface area contributed by atoms with Crippen molar-refractivity contribution in [2.24, 2.45) is 23.2 Å². The minimum atomic E-state index is -3.65. The lowest BCUT2D eigenvalue weighted by atomic mass is 9.48. The van der Waals surface area contributed by atoms with Gasteiger partial charge in [0.2, 0.25) is 10.0 Å². The summed E-state index contributed by atoms with van der Waals surface area (Å²) >= 11 is 2.65. The number of carbonyl (C=O) groups excluding carboxylic acids is 1.